The van der Waals surface area contributed by atoms with Crippen LogP contribution >= 0.6 is 31.9 Å². The summed E-state index contributed by atoms with van der Waals surface area (Å²) in [6.45, 7) is 0.0113. The minimum atomic E-state index is -0.358. The summed E-state index contributed by atoms with van der Waals surface area (Å²) in [5.41, 5.74) is 0.990. The summed E-state index contributed by atoms with van der Waals surface area (Å²) in [5, 5.41) is 5.23. The Morgan fingerprint density at radius 3 is 2.42 bits per heavy atom. The zero-order valence-electron chi connectivity index (χ0n) is 17.5. The molecular formula is C24H19Br2FN2O4. The number of carbonyl (C=O) groups excluding carboxylic acids is 2. The third-order valence-electron chi connectivity index (χ3n) is 6.47. The Hall–Kier alpha value is -2.52. The van der Waals surface area contributed by atoms with Crippen molar-refractivity contribution in [2.45, 2.75) is 13.0 Å². The standard InChI is InChI=1S/C24H19Br2FN2O4/c1-32-17-9-15(20(25)21(26)22(17)33-11-14-4-2-3-5-16(14)27)10-28-29-23(30)18-12-6-7-13(8-12)19(18)24(29)31/h2-7,9-10,12-13,18-19H,8,11H2,1H3/t12-,13-,18-,19+/m0/s1. The Bertz CT molecular complexity index is 1190. The first-order valence-corrected chi connectivity index (χ1v) is 12.0. The summed E-state index contributed by atoms with van der Waals surface area (Å²) >= 11 is 7.00. The second kappa shape index (κ2) is 8.68. The lowest BCUT2D eigenvalue weighted by Crippen LogP contribution is -2.28. The van der Waals surface area contributed by atoms with Crippen LogP contribution in [0.15, 0.2) is 56.5 Å². The zero-order valence-corrected chi connectivity index (χ0v) is 20.7. The number of imide groups is 1. The van der Waals surface area contributed by atoms with Crippen molar-refractivity contribution in [3.8, 4) is 11.5 Å². The fourth-order valence-electron chi connectivity index (χ4n) is 4.87. The molecular weight excluding hydrogens is 559 g/mol. The molecule has 2 aromatic rings. The smallest absolute Gasteiger partial charge is 0.254 e. The monoisotopic (exact) mass is 576 g/mol. The van der Waals surface area contributed by atoms with E-state index in [1.807, 2.05) is 12.2 Å². The molecule has 0 N–H and O–H groups in total. The number of benzene rings is 2. The van der Waals surface area contributed by atoms with Crippen LogP contribution in [0.2, 0.25) is 0 Å². The van der Waals surface area contributed by atoms with Gasteiger partial charge >= 0.3 is 0 Å². The normalized spacial score (nSPS) is 25.4. The number of halogens is 3. The SMILES string of the molecule is COc1cc(C=NN2C(=O)[C@@H]3[C@H](C2=O)[C@H]2C=C[C@H]3C2)c(Br)c(Br)c1OCc1ccccc1F. The number of fused-ring (bicyclic) bond motifs is 5. The molecule has 6 nitrogen and oxygen atoms in total. The second-order valence-corrected chi connectivity index (χ2v) is 9.82. The highest BCUT2D eigenvalue weighted by Crippen LogP contribution is 2.52. The molecule has 2 aliphatic carbocycles. The van der Waals surface area contributed by atoms with E-state index in [2.05, 4.69) is 37.0 Å². The predicted molar refractivity (Wildman–Crippen MR) is 126 cm³/mol. The molecule has 1 heterocycles. The van der Waals surface area contributed by atoms with Gasteiger partial charge in [0, 0.05) is 15.6 Å². The minimum absolute atomic E-state index is 0.0113. The average molecular weight is 578 g/mol. The van der Waals surface area contributed by atoms with Crippen molar-refractivity contribution in [3.05, 3.63) is 68.4 Å². The van der Waals surface area contributed by atoms with E-state index in [9.17, 15) is 14.0 Å². The number of rotatable bonds is 6. The van der Waals surface area contributed by atoms with Crippen molar-refractivity contribution in [1.82, 2.24) is 5.01 Å². The number of carbonyl (C=O) groups is 2. The molecule has 2 bridgehead atoms. The van der Waals surface area contributed by atoms with Crippen LogP contribution in [-0.4, -0.2) is 30.1 Å². The molecule has 0 aromatic heterocycles. The van der Waals surface area contributed by atoms with Crippen LogP contribution in [0.1, 0.15) is 17.5 Å². The van der Waals surface area contributed by atoms with E-state index in [1.54, 1.807) is 24.3 Å². The van der Waals surface area contributed by atoms with Gasteiger partial charge in [0.05, 0.1) is 29.6 Å². The van der Waals surface area contributed by atoms with Gasteiger partial charge in [0.15, 0.2) is 11.5 Å². The number of nitrogens with zero attached hydrogens (tertiary/aromatic N) is 2. The molecule has 1 saturated carbocycles. The molecule has 0 radical (unpaired) electrons. The molecule has 2 fully saturated rings. The van der Waals surface area contributed by atoms with Crippen LogP contribution in [0.3, 0.4) is 0 Å². The molecule has 170 valence electrons. The van der Waals surface area contributed by atoms with Crippen molar-refractivity contribution < 1.29 is 23.5 Å². The first kappa shape index (κ1) is 22.3. The highest BCUT2D eigenvalue weighted by atomic mass is 79.9. The van der Waals surface area contributed by atoms with Gasteiger partial charge in [-0.2, -0.15) is 10.1 Å². The Kier molecular flexibility index (Phi) is 5.86. The van der Waals surface area contributed by atoms with Crippen molar-refractivity contribution in [2.24, 2.45) is 28.8 Å². The average Bonchev–Trinajstić information content (AvgIpc) is 3.49. The Balaban J connectivity index is 1.39. The van der Waals surface area contributed by atoms with E-state index in [1.165, 1.54) is 19.4 Å². The summed E-state index contributed by atoms with van der Waals surface area (Å²) in [5.74, 6) is -0.422. The zero-order chi connectivity index (χ0) is 23.3. The van der Waals surface area contributed by atoms with Crippen molar-refractivity contribution >= 4 is 49.9 Å². The molecule has 2 aromatic carbocycles. The molecule has 3 aliphatic rings. The quantitative estimate of drug-likeness (QED) is 0.273. The maximum absolute atomic E-state index is 14.0. The number of methoxy groups -OCH3 is 1. The van der Waals surface area contributed by atoms with Crippen molar-refractivity contribution in [3.63, 3.8) is 0 Å². The Morgan fingerprint density at radius 1 is 1.12 bits per heavy atom. The molecule has 9 heteroatoms. The van der Waals surface area contributed by atoms with Gasteiger partial charge in [0.2, 0.25) is 0 Å². The largest absolute Gasteiger partial charge is 0.493 e. The molecule has 4 atom stereocenters. The fraction of sp³-hybridized carbons (Fsp3) is 0.292. The number of ether oxygens (including phenoxy) is 2. The lowest BCUT2D eigenvalue weighted by molar-refractivity contribution is -0.140. The highest BCUT2D eigenvalue weighted by Gasteiger charge is 2.59. The van der Waals surface area contributed by atoms with Gasteiger partial charge in [-0.05, 0) is 62.2 Å². The van der Waals surface area contributed by atoms with Gasteiger partial charge in [-0.25, -0.2) is 4.39 Å². The third kappa shape index (κ3) is 3.71. The van der Waals surface area contributed by atoms with E-state index < -0.39 is 0 Å². The van der Waals surface area contributed by atoms with Crippen LogP contribution in [0.25, 0.3) is 0 Å². The topological polar surface area (TPSA) is 68.2 Å². The second-order valence-electron chi connectivity index (χ2n) is 8.24. The van der Waals surface area contributed by atoms with E-state index >= 15 is 0 Å². The number of amides is 2. The third-order valence-corrected chi connectivity index (χ3v) is 8.61. The van der Waals surface area contributed by atoms with Gasteiger partial charge in [-0.15, -0.1) is 0 Å². The Morgan fingerprint density at radius 2 is 1.79 bits per heavy atom. The molecule has 1 aliphatic heterocycles. The molecule has 0 spiro atoms. The number of hydrogen-bond donors (Lipinski definition) is 0. The fourth-order valence-corrected chi connectivity index (χ4v) is 5.81. The lowest BCUT2D eigenvalue weighted by Gasteiger charge is -2.16. The molecule has 2 amide bonds. The van der Waals surface area contributed by atoms with Gasteiger partial charge in [-0.1, -0.05) is 30.4 Å². The number of hydrogen-bond acceptors (Lipinski definition) is 5. The summed E-state index contributed by atoms with van der Waals surface area (Å²) in [7, 11) is 1.49. The lowest BCUT2D eigenvalue weighted by atomic mass is 9.85. The maximum Gasteiger partial charge on any atom is 0.254 e. The van der Waals surface area contributed by atoms with Gasteiger partial charge in [-0.3, -0.25) is 9.59 Å². The molecule has 1 saturated heterocycles. The first-order valence-electron chi connectivity index (χ1n) is 10.4. The maximum atomic E-state index is 14.0. The van der Waals surface area contributed by atoms with E-state index in [0.29, 0.717) is 31.6 Å². The summed E-state index contributed by atoms with van der Waals surface area (Å²) < 4.78 is 26.4. The molecule has 5 rings (SSSR count). The van der Waals surface area contributed by atoms with E-state index in [4.69, 9.17) is 9.47 Å². The van der Waals surface area contributed by atoms with Crippen LogP contribution in [0, 0.1) is 29.5 Å². The van der Waals surface area contributed by atoms with E-state index in [0.717, 1.165) is 11.4 Å². The minimum Gasteiger partial charge on any atom is -0.493 e. The van der Waals surface area contributed by atoms with E-state index in [-0.39, 0.29) is 47.9 Å². The highest BCUT2D eigenvalue weighted by molar-refractivity contribution is 9.13. The summed E-state index contributed by atoms with van der Waals surface area (Å²) in [6, 6.07) is 8.04. The van der Waals surface area contributed by atoms with Gasteiger partial charge in [0.1, 0.15) is 12.4 Å². The number of allylic oxidation sites excluding steroid dienone is 2. The predicted octanol–water partition coefficient (Wildman–Crippen LogP) is 5.08. The molecule has 0 unspecified atom stereocenters. The van der Waals surface area contributed by atoms with Gasteiger partial charge in [0.25, 0.3) is 11.8 Å². The van der Waals surface area contributed by atoms with Crippen LogP contribution < -0.4 is 9.47 Å². The van der Waals surface area contributed by atoms with Crippen molar-refractivity contribution in [1.29, 1.82) is 0 Å². The summed E-state index contributed by atoms with van der Waals surface area (Å²) in [6.07, 6.45) is 6.41. The summed E-state index contributed by atoms with van der Waals surface area (Å²) in [4.78, 5) is 25.7. The van der Waals surface area contributed by atoms with Crippen LogP contribution in [0.5, 0.6) is 11.5 Å². The molecule has 33 heavy (non-hydrogen) atoms. The Labute approximate surface area is 206 Å². The first-order chi connectivity index (χ1) is 15.9. The number of hydrazone groups is 1. The van der Waals surface area contributed by atoms with Crippen LogP contribution in [-0.2, 0) is 16.2 Å². The van der Waals surface area contributed by atoms with Crippen molar-refractivity contribution in [2.75, 3.05) is 7.11 Å². The van der Waals surface area contributed by atoms with Gasteiger partial charge < -0.3 is 9.47 Å². The van der Waals surface area contributed by atoms with Crippen LogP contribution in [0.4, 0.5) is 4.39 Å².